The summed E-state index contributed by atoms with van der Waals surface area (Å²) in [5, 5.41) is 9.38. The minimum Gasteiger partial charge on any atom is -0.478 e. The van der Waals surface area contributed by atoms with Crippen molar-refractivity contribution in [2.24, 2.45) is 0 Å². The van der Waals surface area contributed by atoms with Crippen molar-refractivity contribution in [3.8, 4) is 5.75 Å². The van der Waals surface area contributed by atoms with Crippen LogP contribution in [-0.2, 0) is 25.7 Å². The summed E-state index contributed by atoms with van der Waals surface area (Å²) in [5.74, 6) is 0.0278. The minimum absolute atomic E-state index is 0.0957. The molecule has 6 aliphatic rings. The highest BCUT2D eigenvalue weighted by atomic mass is 35.5. The SMILES string of the molecule is CNC(=O)COc1cc2cc(Nc3nc(N4CCC(OC5CC(N6C7CC[C@@H]6CN(c6ccc8c(c6)CN([C@@H]6CCC(=O)NC6=O)C8=O)C7)C5)CC4)ncc3Cl)ccc2n(C(C)C)c1=O. The van der Waals surface area contributed by atoms with E-state index in [-0.39, 0.29) is 66.2 Å². The van der Waals surface area contributed by atoms with Gasteiger partial charge in [0.05, 0.1) is 23.9 Å². The van der Waals surface area contributed by atoms with Gasteiger partial charge in [-0.3, -0.25) is 34.2 Å². The number of aromatic nitrogens is 3. The zero-order chi connectivity index (χ0) is 45.1. The Bertz CT molecular complexity index is 2600. The molecule has 1 saturated carbocycles. The Morgan fingerprint density at radius 3 is 2.42 bits per heavy atom. The van der Waals surface area contributed by atoms with Gasteiger partial charge in [-0.15, -0.1) is 0 Å². The van der Waals surface area contributed by atoms with E-state index in [0.717, 1.165) is 79.7 Å². The number of benzene rings is 2. The zero-order valence-electron chi connectivity index (χ0n) is 36.9. The Morgan fingerprint density at radius 1 is 0.923 bits per heavy atom. The third-order valence-electron chi connectivity index (χ3n) is 14.2. The standard InChI is InChI=1S/C47H55ClN10O7/c1-26(2)57-38-9-4-29(16-27(38)18-40(46(57)63)64-25-42(60)49-3)51-43-37(48)21-50-47(53-43)54-14-12-34(13-15-54)65-35-19-33(20-35)58-31-5-6-32(58)24-55(23-31)30-7-8-36-28(17-30)22-56(45(36)62)39-10-11-41(59)52-44(39)61/h4,7-9,16-18,21,26,31-35,39H,5-6,10-15,19-20,22-25H2,1-3H3,(H,49,60)(H,50,51,53)(H,52,59,61)/t31-,32?,33?,35?,39-/m1/s1. The number of amides is 4. The van der Waals surface area contributed by atoms with E-state index in [4.69, 9.17) is 26.1 Å². The first kappa shape index (κ1) is 43.1. The van der Waals surface area contributed by atoms with Crippen LogP contribution in [0.2, 0.25) is 5.02 Å². The molecule has 4 aromatic rings. The van der Waals surface area contributed by atoms with Crippen molar-refractivity contribution >= 4 is 69.3 Å². The number of fused-ring (bicyclic) bond motifs is 4. The Balaban J connectivity index is 0.711. The number of hydrogen-bond donors (Lipinski definition) is 3. The molecule has 1 aliphatic carbocycles. The Hall–Kier alpha value is -5.78. The van der Waals surface area contributed by atoms with Gasteiger partial charge in [-0.2, -0.15) is 4.98 Å². The molecule has 4 amide bonds. The topological polar surface area (TPSA) is 184 Å². The molecule has 3 N–H and O–H groups in total. The van der Waals surface area contributed by atoms with Gasteiger partial charge in [0.2, 0.25) is 17.8 Å². The molecule has 2 aromatic carbocycles. The highest BCUT2D eigenvalue weighted by Crippen LogP contribution is 2.42. The Kier molecular flexibility index (Phi) is 11.6. The lowest BCUT2D eigenvalue weighted by Crippen LogP contribution is -2.61. The fraction of sp³-hybridized carbons (Fsp3) is 0.511. The van der Waals surface area contributed by atoms with E-state index in [9.17, 15) is 24.0 Å². The second-order valence-corrected chi connectivity index (χ2v) is 19.0. The van der Waals surface area contributed by atoms with Gasteiger partial charge in [-0.05, 0) is 107 Å². The maximum atomic E-state index is 13.3. The molecule has 342 valence electrons. The molecule has 5 aliphatic heterocycles. The molecule has 0 spiro atoms. The summed E-state index contributed by atoms with van der Waals surface area (Å²) in [6.45, 7) is 7.41. The summed E-state index contributed by atoms with van der Waals surface area (Å²) in [6, 6.07) is 14.2. The number of piperidine rings is 2. The maximum Gasteiger partial charge on any atom is 0.293 e. The summed E-state index contributed by atoms with van der Waals surface area (Å²) in [4.78, 5) is 81.1. The molecule has 5 fully saturated rings. The lowest BCUT2D eigenvalue weighted by Gasteiger charge is -2.51. The van der Waals surface area contributed by atoms with Crippen LogP contribution in [0.3, 0.4) is 0 Å². The van der Waals surface area contributed by atoms with Crippen LogP contribution >= 0.6 is 11.6 Å². The number of nitrogens with one attached hydrogen (secondary N) is 3. The van der Waals surface area contributed by atoms with Crippen LogP contribution in [0, 0.1) is 0 Å². The molecular weight excluding hydrogens is 852 g/mol. The van der Waals surface area contributed by atoms with Gasteiger partial charge in [0.1, 0.15) is 11.1 Å². The molecule has 1 unspecified atom stereocenters. The molecule has 65 heavy (non-hydrogen) atoms. The van der Waals surface area contributed by atoms with Gasteiger partial charge < -0.3 is 39.4 Å². The van der Waals surface area contributed by atoms with E-state index in [1.807, 2.05) is 38.1 Å². The second kappa shape index (κ2) is 17.5. The third-order valence-corrected chi connectivity index (χ3v) is 14.4. The van der Waals surface area contributed by atoms with Crippen LogP contribution in [0.25, 0.3) is 10.9 Å². The van der Waals surface area contributed by atoms with Crippen LogP contribution in [0.5, 0.6) is 5.75 Å². The zero-order valence-corrected chi connectivity index (χ0v) is 37.7. The van der Waals surface area contributed by atoms with Gasteiger partial charge >= 0.3 is 0 Å². The number of pyridine rings is 1. The number of piperazine rings is 1. The monoisotopic (exact) mass is 906 g/mol. The maximum absolute atomic E-state index is 13.3. The molecule has 10 rings (SSSR count). The minimum atomic E-state index is -0.610. The molecule has 17 nitrogen and oxygen atoms in total. The number of ether oxygens (including phenoxy) is 2. The molecule has 7 heterocycles. The first-order valence-corrected chi connectivity index (χ1v) is 23.3. The first-order valence-electron chi connectivity index (χ1n) is 22.9. The highest BCUT2D eigenvalue weighted by Gasteiger charge is 2.48. The predicted octanol–water partition coefficient (Wildman–Crippen LogP) is 4.52. The fourth-order valence-corrected chi connectivity index (χ4v) is 11.0. The summed E-state index contributed by atoms with van der Waals surface area (Å²) in [7, 11) is 1.52. The molecule has 2 aromatic heterocycles. The van der Waals surface area contributed by atoms with Crippen molar-refractivity contribution in [1.82, 2.24) is 35.0 Å². The van der Waals surface area contributed by atoms with Gasteiger partial charge in [0.15, 0.2) is 18.2 Å². The van der Waals surface area contributed by atoms with Crippen molar-refractivity contribution in [3.05, 3.63) is 75.2 Å². The largest absolute Gasteiger partial charge is 0.478 e. The van der Waals surface area contributed by atoms with Crippen molar-refractivity contribution in [2.45, 2.75) is 114 Å². The molecule has 0 radical (unpaired) electrons. The average Bonchev–Trinajstić information content (AvgIpc) is 3.73. The number of hydrogen-bond acceptors (Lipinski definition) is 13. The van der Waals surface area contributed by atoms with Crippen LogP contribution in [-0.4, -0.2) is 124 Å². The highest BCUT2D eigenvalue weighted by molar-refractivity contribution is 6.33. The van der Waals surface area contributed by atoms with Crippen molar-refractivity contribution in [3.63, 3.8) is 0 Å². The third kappa shape index (κ3) is 8.38. The van der Waals surface area contributed by atoms with E-state index in [1.165, 1.54) is 19.9 Å². The van der Waals surface area contributed by atoms with Gasteiger partial charge in [-0.25, -0.2) is 4.98 Å². The van der Waals surface area contributed by atoms with Crippen LogP contribution in [0.4, 0.5) is 23.1 Å². The molecular formula is C47H55ClN10O7. The summed E-state index contributed by atoms with van der Waals surface area (Å²) in [5.41, 5.74) is 3.88. The Labute approximate surface area is 381 Å². The normalized spacial score (nSPS) is 24.7. The van der Waals surface area contributed by atoms with Gasteiger partial charge in [-0.1, -0.05) is 11.6 Å². The van der Waals surface area contributed by atoms with Gasteiger partial charge in [0, 0.05) is 92.7 Å². The van der Waals surface area contributed by atoms with Crippen LogP contribution in [0.15, 0.2) is 53.5 Å². The number of nitrogens with zero attached hydrogens (tertiary/aromatic N) is 7. The van der Waals surface area contributed by atoms with E-state index < -0.39 is 6.04 Å². The lowest BCUT2D eigenvalue weighted by molar-refractivity contribution is -0.137. The van der Waals surface area contributed by atoms with Crippen LogP contribution in [0.1, 0.15) is 87.2 Å². The van der Waals surface area contributed by atoms with E-state index in [2.05, 4.69) is 47.8 Å². The summed E-state index contributed by atoms with van der Waals surface area (Å²) >= 11 is 6.62. The quantitative estimate of drug-likeness (QED) is 0.169. The first-order chi connectivity index (χ1) is 31.4. The van der Waals surface area contributed by atoms with Crippen molar-refractivity contribution in [2.75, 3.05) is 55.0 Å². The molecule has 2 bridgehead atoms. The summed E-state index contributed by atoms with van der Waals surface area (Å²) < 4.78 is 14.0. The Morgan fingerprint density at radius 2 is 1.69 bits per heavy atom. The number of carbonyl (C=O) groups excluding carboxylic acids is 4. The van der Waals surface area contributed by atoms with Crippen LogP contribution < -0.4 is 36.0 Å². The number of rotatable bonds is 12. The summed E-state index contributed by atoms with van der Waals surface area (Å²) in [6.07, 6.45) is 8.88. The number of likely N-dealkylation sites (N-methyl/N-ethyl adjacent to an activating group) is 1. The number of anilines is 4. The van der Waals surface area contributed by atoms with E-state index in [1.54, 1.807) is 21.7 Å². The molecule has 4 saturated heterocycles. The predicted molar refractivity (Wildman–Crippen MR) is 245 cm³/mol. The fourth-order valence-electron chi connectivity index (χ4n) is 10.8. The molecule has 18 heteroatoms. The molecule has 3 atom stereocenters. The lowest BCUT2D eigenvalue weighted by atomic mass is 9.85. The smallest absolute Gasteiger partial charge is 0.293 e. The average molecular weight is 907 g/mol. The van der Waals surface area contributed by atoms with Crippen molar-refractivity contribution in [1.29, 1.82) is 0 Å². The van der Waals surface area contributed by atoms with E-state index >= 15 is 0 Å². The number of carbonyl (C=O) groups is 4. The van der Waals surface area contributed by atoms with E-state index in [0.29, 0.717) is 53.4 Å². The van der Waals surface area contributed by atoms with Crippen molar-refractivity contribution < 1.29 is 28.7 Å². The number of imide groups is 1. The van der Waals surface area contributed by atoms with Gasteiger partial charge in [0.25, 0.3) is 17.4 Å². The second-order valence-electron chi connectivity index (χ2n) is 18.6. The number of halogens is 1.